The molecule has 0 radical (unpaired) electrons. The zero-order valence-corrected chi connectivity index (χ0v) is 12.6. The Kier molecular flexibility index (Phi) is 4.93. The molecule has 1 aromatic carbocycles. The molecule has 0 aliphatic carbocycles. The van der Waals surface area contributed by atoms with Gasteiger partial charge in [0.25, 0.3) is 0 Å². The molecule has 1 aromatic heterocycles. The zero-order chi connectivity index (χ0) is 13.7. The van der Waals surface area contributed by atoms with E-state index in [1.54, 1.807) is 0 Å². The standard InChI is InChI=1S/C15H18BrN3/c1-19(11-13-4-2-3-9-18-13)14-6-5-12(7-8-17)15(16)10-14/h2-6,9-10H,7-8,11,17H2,1H3. The summed E-state index contributed by atoms with van der Waals surface area (Å²) in [5.74, 6) is 0. The highest BCUT2D eigenvalue weighted by Crippen LogP contribution is 2.24. The highest BCUT2D eigenvalue weighted by Gasteiger charge is 2.06. The molecule has 0 fully saturated rings. The van der Waals surface area contributed by atoms with Gasteiger partial charge >= 0.3 is 0 Å². The van der Waals surface area contributed by atoms with Crippen LogP contribution in [0.1, 0.15) is 11.3 Å². The summed E-state index contributed by atoms with van der Waals surface area (Å²) in [4.78, 5) is 6.52. The molecule has 2 N–H and O–H groups in total. The number of anilines is 1. The summed E-state index contributed by atoms with van der Waals surface area (Å²) >= 11 is 3.60. The van der Waals surface area contributed by atoms with E-state index in [1.165, 1.54) is 11.3 Å². The van der Waals surface area contributed by atoms with Crippen molar-refractivity contribution in [2.75, 3.05) is 18.5 Å². The lowest BCUT2D eigenvalue weighted by Crippen LogP contribution is -2.17. The van der Waals surface area contributed by atoms with E-state index in [0.717, 1.165) is 23.1 Å². The number of rotatable bonds is 5. The monoisotopic (exact) mass is 319 g/mol. The molecular weight excluding hydrogens is 302 g/mol. The van der Waals surface area contributed by atoms with Crippen LogP contribution in [0.2, 0.25) is 0 Å². The van der Waals surface area contributed by atoms with E-state index in [0.29, 0.717) is 6.54 Å². The van der Waals surface area contributed by atoms with E-state index >= 15 is 0 Å². The van der Waals surface area contributed by atoms with Crippen LogP contribution < -0.4 is 10.6 Å². The van der Waals surface area contributed by atoms with Gasteiger partial charge in [0.2, 0.25) is 0 Å². The average molecular weight is 320 g/mol. The van der Waals surface area contributed by atoms with Crippen LogP contribution in [0, 0.1) is 0 Å². The molecule has 100 valence electrons. The quantitative estimate of drug-likeness (QED) is 0.921. The fraction of sp³-hybridized carbons (Fsp3) is 0.267. The first kappa shape index (κ1) is 14.0. The van der Waals surface area contributed by atoms with Crippen molar-refractivity contribution in [1.82, 2.24) is 4.98 Å². The Hall–Kier alpha value is -1.39. The van der Waals surface area contributed by atoms with Crippen LogP contribution in [0.15, 0.2) is 47.1 Å². The molecule has 1 heterocycles. The minimum atomic E-state index is 0.668. The smallest absolute Gasteiger partial charge is 0.0598 e. The average Bonchev–Trinajstić information content (AvgIpc) is 2.42. The van der Waals surface area contributed by atoms with Crippen LogP contribution in [-0.2, 0) is 13.0 Å². The van der Waals surface area contributed by atoms with Crippen LogP contribution in [0.5, 0.6) is 0 Å². The molecule has 0 spiro atoms. The zero-order valence-electron chi connectivity index (χ0n) is 11.0. The van der Waals surface area contributed by atoms with Gasteiger partial charge in [0, 0.05) is 23.4 Å². The fourth-order valence-corrected chi connectivity index (χ4v) is 2.52. The largest absolute Gasteiger partial charge is 0.369 e. The Labute approximate surface area is 122 Å². The summed E-state index contributed by atoms with van der Waals surface area (Å²) in [6, 6.07) is 12.4. The van der Waals surface area contributed by atoms with Crippen molar-refractivity contribution in [1.29, 1.82) is 0 Å². The normalized spacial score (nSPS) is 10.5. The Balaban J connectivity index is 2.11. The van der Waals surface area contributed by atoms with Crippen LogP contribution in [0.25, 0.3) is 0 Å². The number of nitrogens with zero attached hydrogens (tertiary/aromatic N) is 2. The Morgan fingerprint density at radius 2 is 2.11 bits per heavy atom. The second-order valence-corrected chi connectivity index (χ2v) is 5.35. The molecule has 2 aromatic rings. The first-order valence-corrected chi connectivity index (χ1v) is 7.09. The number of pyridine rings is 1. The number of hydrogen-bond acceptors (Lipinski definition) is 3. The van der Waals surface area contributed by atoms with Gasteiger partial charge < -0.3 is 10.6 Å². The molecule has 19 heavy (non-hydrogen) atoms. The first-order chi connectivity index (χ1) is 9.20. The molecule has 0 saturated carbocycles. The second kappa shape index (κ2) is 6.68. The van der Waals surface area contributed by atoms with E-state index in [1.807, 2.05) is 24.4 Å². The third-order valence-electron chi connectivity index (χ3n) is 3.02. The van der Waals surface area contributed by atoms with Crippen molar-refractivity contribution in [3.05, 3.63) is 58.3 Å². The van der Waals surface area contributed by atoms with Gasteiger partial charge in [-0.3, -0.25) is 4.98 Å². The van der Waals surface area contributed by atoms with Gasteiger partial charge in [0.1, 0.15) is 0 Å². The molecule has 3 nitrogen and oxygen atoms in total. The van der Waals surface area contributed by atoms with Gasteiger partial charge in [0.15, 0.2) is 0 Å². The molecule has 0 amide bonds. The minimum Gasteiger partial charge on any atom is -0.369 e. The van der Waals surface area contributed by atoms with Crippen LogP contribution in [-0.4, -0.2) is 18.6 Å². The highest BCUT2D eigenvalue weighted by molar-refractivity contribution is 9.10. The summed E-state index contributed by atoms with van der Waals surface area (Å²) in [6.07, 6.45) is 2.72. The van der Waals surface area contributed by atoms with Gasteiger partial charge in [-0.2, -0.15) is 0 Å². The second-order valence-electron chi connectivity index (χ2n) is 4.49. The Morgan fingerprint density at radius 3 is 2.74 bits per heavy atom. The first-order valence-electron chi connectivity index (χ1n) is 6.30. The topological polar surface area (TPSA) is 42.2 Å². The lowest BCUT2D eigenvalue weighted by atomic mass is 10.1. The van der Waals surface area contributed by atoms with Crippen molar-refractivity contribution < 1.29 is 0 Å². The molecular formula is C15H18BrN3. The molecule has 0 aliphatic rings. The minimum absolute atomic E-state index is 0.668. The lowest BCUT2D eigenvalue weighted by molar-refractivity contribution is 0.882. The summed E-state index contributed by atoms with van der Waals surface area (Å²) in [6.45, 7) is 1.46. The fourth-order valence-electron chi connectivity index (χ4n) is 1.96. The van der Waals surface area contributed by atoms with Crippen LogP contribution in [0.4, 0.5) is 5.69 Å². The Bertz CT molecular complexity index is 528. The predicted octanol–water partition coefficient (Wildman–Crippen LogP) is 2.98. The summed E-state index contributed by atoms with van der Waals surface area (Å²) in [5, 5.41) is 0. The molecule has 0 unspecified atom stereocenters. The molecule has 4 heteroatoms. The number of hydrogen-bond donors (Lipinski definition) is 1. The Morgan fingerprint density at radius 1 is 1.26 bits per heavy atom. The van der Waals surface area contributed by atoms with Crippen molar-refractivity contribution in [3.63, 3.8) is 0 Å². The van der Waals surface area contributed by atoms with Crippen LogP contribution >= 0.6 is 15.9 Å². The van der Waals surface area contributed by atoms with Crippen molar-refractivity contribution in [2.24, 2.45) is 5.73 Å². The maximum absolute atomic E-state index is 5.59. The van der Waals surface area contributed by atoms with Gasteiger partial charge in [-0.1, -0.05) is 28.1 Å². The van der Waals surface area contributed by atoms with E-state index in [-0.39, 0.29) is 0 Å². The molecule has 2 rings (SSSR count). The number of nitrogens with two attached hydrogens (primary N) is 1. The number of halogens is 1. The van der Waals surface area contributed by atoms with E-state index < -0.39 is 0 Å². The third-order valence-corrected chi connectivity index (χ3v) is 3.75. The number of aromatic nitrogens is 1. The highest BCUT2D eigenvalue weighted by atomic mass is 79.9. The molecule has 0 atom stereocenters. The van der Waals surface area contributed by atoms with Gasteiger partial charge in [-0.25, -0.2) is 0 Å². The maximum Gasteiger partial charge on any atom is 0.0598 e. The van der Waals surface area contributed by atoms with Crippen molar-refractivity contribution in [3.8, 4) is 0 Å². The van der Waals surface area contributed by atoms with Crippen LogP contribution in [0.3, 0.4) is 0 Å². The van der Waals surface area contributed by atoms with Gasteiger partial charge in [-0.15, -0.1) is 0 Å². The summed E-state index contributed by atoms with van der Waals surface area (Å²) in [5.41, 5.74) is 9.06. The molecule has 0 bridgehead atoms. The molecule has 0 aliphatic heterocycles. The van der Waals surface area contributed by atoms with Gasteiger partial charge in [-0.05, 0) is 42.8 Å². The van der Waals surface area contributed by atoms with E-state index in [9.17, 15) is 0 Å². The third kappa shape index (κ3) is 3.78. The predicted molar refractivity (Wildman–Crippen MR) is 83.2 cm³/mol. The summed E-state index contributed by atoms with van der Waals surface area (Å²) < 4.78 is 1.11. The van der Waals surface area contributed by atoms with E-state index in [2.05, 4.69) is 51.1 Å². The SMILES string of the molecule is CN(Cc1ccccn1)c1ccc(CCN)c(Br)c1. The summed E-state index contributed by atoms with van der Waals surface area (Å²) in [7, 11) is 2.07. The van der Waals surface area contributed by atoms with Crippen molar-refractivity contribution in [2.45, 2.75) is 13.0 Å². The maximum atomic E-state index is 5.59. The molecule has 0 saturated heterocycles. The number of benzene rings is 1. The van der Waals surface area contributed by atoms with Crippen molar-refractivity contribution >= 4 is 21.6 Å². The van der Waals surface area contributed by atoms with Gasteiger partial charge in [0.05, 0.1) is 12.2 Å². The van der Waals surface area contributed by atoms with E-state index in [4.69, 9.17) is 5.73 Å². The lowest BCUT2D eigenvalue weighted by Gasteiger charge is -2.20.